The van der Waals surface area contributed by atoms with E-state index in [2.05, 4.69) is 16.9 Å². The van der Waals surface area contributed by atoms with Gasteiger partial charge in [0.25, 0.3) is 11.9 Å². The van der Waals surface area contributed by atoms with Crippen LogP contribution in [0.15, 0.2) is 28.8 Å². The van der Waals surface area contributed by atoms with Crippen molar-refractivity contribution in [1.29, 1.82) is 0 Å². The van der Waals surface area contributed by atoms with Gasteiger partial charge >= 0.3 is 0 Å². The summed E-state index contributed by atoms with van der Waals surface area (Å²) in [6.45, 7) is 2.22. The molecule has 4 rings (SSSR count). The number of benzene rings is 1. The van der Waals surface area contributed by atoms with Crippen LogP contribution in [0.25, 0.3) is 11.0 Å². The minimum Gasteiger partial charge on any atom is -0.470 e. The first kappa shape index (κ1) is 18.2. The van der Waals surface area contributed by atoms with E-state index in [-0.39, 0.29) is 24.0 Å². The zero-order valence-electron chi connectivity index (χ0n) is 14.8. The molecule has 2 aromatic heterocycles. The lowest BCUT2D eigenvalue weighted by atomic mass is 9.82. The maximum Gasteiger partial charge on any atom is 0.278 e. The smallest absolute Gasteiger partial charge is 0.278 e. The summed E-state index contributed by atoms with van der Waals surface area (Å²) in [5, 5.41) is 0.832. The Labute approximate surface area is 160 Å². The zero-order chi connectivity index (χ0) is 19.0. The van der Waals surface area contributed by atoms with Crippen molar-refractivity contribution in [2.24, 2.45) is 5.92 Å². The summed E-state index contributed by atoms with van der Waals surface area (Å²) in [6, 6.07) is 3.77. The highest BCUT2D eigenvalue weighted by molar-refractivity contribution is 6.35. The van der Waals surface area contributed by atoms with Gasteiger partial charge in [0.1, 0.15) is 18.0 Å². The van der Waals surface area contributed by atoms with Crippen molar-refractivity contribution < 1.29 is 17.9 Å². The molecular weight excluding hydrogens is 374 g/mol. The van der Waals surface area contributed by atoms with Crippen molar-refractivity contribution in [1.82, 2.24) is 9.97 Å². The quantitative estimate of drug-likeness (QED) is 0.544. The summed E-state index contributed by atoms with van der Waals surface area (Å²) in [5.41, 5.74) is 0.848. The Morgan fingerprint density at radius 1 is 1.22 bits per heavy atom. The SMILES string of the molecule is CC1CCC(c2ncc(F)c(OCc3ccc(Cl)c4cc(F)oc34)n2)CC1. The molecule has 27 heavy (non-hydrogen) atoms. The third-order valence-corrected chi connectivity index (χ3v) is 5.49. The van der Waals surface area contributed by atoms with E-state index in [1.807, 2.05) is 0 Å². The van der Waals surface area contributed by atoms with E-state index in [0.717, 1.165) is 31.9 Å². The number of hydrogen-bond acceptors (Lipinski definition) is 4. The Kier molecular flexibility index (Phi) is 5.00. The van der Waals surface area contributed by atoms with E-state index in [1.54, 1.807) is 12.1 Å². The molecule has 7 heteroatoms. The van der Waals surface area contributed by atoms with Crippen LogP contribution in [0.5, 0.6) is 5.88 Å². The van der Waals surface area contributed by atoms with E-state index < -0.39 is 11.8 Å². The minimum absolute atomic E-state index is 0.0182. The van der Waals surface area contributed by atoms with Crippen LogP contribution in [0.3, 0.4) is 0 Å². The van der Waals surface area contributed by atoms with E-state index in [9.17, 15) is 8.78 Å². The molecule has 4 nitrogen and oxygen atoms in total. The van der Waals surface area contributed by atoms with Crippen molar-refractivity contribution in [3.05, 3.63) is 52.6 Å². The van der Waals surface area contributed by atoms with Crippen LogP contribution in [0.2, 0.25) is 5.02 Å². The third-order valence-electron chi connectivity index (χ3n) is 5.16. The molecule has 2 heterocycles. The largest absolute Gasteiger partial charge is 0.470 e. The number of nitrogens with zero attached hydrogens (tertiary/aromatic N) is 2. The number of ether oxygens (including phenoxy) is 1. The Hall–Kier alpha value is -2.21. The summed E-state index contributed by atoms with van der Waals surface area (Å²) in [4.78, 5) is 8.46. The average molecular weight is 393 g/mol. The molecule has 3 aromatic rings. The van der Waals surface area contributed by atoms with Gasteiger partial charge in [-0.25, -0.2) is 4.98 Å². The Morgan fingerprint density at radius 2 is 2.00 bits per heavy atom. The average Bonchev–Trinajstić information content (AvgIpc) is 3.06. The number of furan rings is 1. The van der Waals surface area contributed by atoms with Crippen molar-refractivity contribution in [3.8, 4) is 5.88 Å². The maximum atomic E-state index is 14.1. The van der Waals surface area contributed by atoms with Crippen LogP contribution in [-0.2, 0) is 6.61 Å². The van der Waals surface area contributed by atoms with Gasteiger partial charge in [0.2, 0.25) is 5.82 Å². The first-order valence-electron chi connectivity index (χ1n) is 9.03. The van der Waals surface area contributed by atoms with Gasteiger partial charge in [-0.1, -0.05) is 37.4 Å². The molecule has 0 radical (unpaired) electrons. The standard InChI is InChI=1S/C20H19ClF2N2O2/c1-11-2-4-12(5-3-11)19-24-9-16(22)20(25-19)26-10-13-6-7-15(21)14-8-17(23)27-18(13)14/h6-9,11-12H,2-5,10H2,1H3. The Balaban J connectivity index is 1.55. The first-order chi connectivity index (χ1) is 13.0. The van der Waals surface area contributed by atoms with Crippen LogP contribution in [0.4, 0.5) is 8.78 Å². The first-order valence-corrected chi connectivity index (χ1v) is 9.40. The molecule has 1 aliphatic rings. The van der Waals surface area contributed by atoms with Gasteiger partial charge in [-0.3, -0.25) is 0 Å². The van der Waals surface area contributed by atoms with Crippen LogP contribution >= 0.6 is 11.6 Å². The lowest BCUT2D eigenvalue weighted by molar-refractivity contribution is 0.269. The Bertz CT molecular complexity index is 968. The molecule has 0 amide bonds. The van der Waals surface area contributed by atoms with Crippen molar-refractivity contribution in [2.75, 3.05) is 0 Å². The highest BCUT2D eigenvalue weighted by atomic mass is 35.5. The molecule has 1 aliphatic carbocycles. The molecular formula is C20H19ClF2N2O2. The number of aromatic nitrogens is 2. The molecule has 0 aliphatic heterocycles. The second-order valence-corrected chi connectivity index (χ2v) is 7.53. The highest BCUT2D eigenvalue weighted by Crippen LogP contribution is 2.35. The number of rotatable bonds is 4. The van der Waals surface area contributed by atoms with Gasteiger partial charge in [0.05, 0.1) is 11.2 Å². The molecule has 0 spiro atoms. The molecule has 1 saturated carbocycles. The van der Waals surface area contributed by atoms with Crippen LogP contribution in [0, 0.1) is 17.7 Å². The summed E-state index contributed by atoms with van der Waals surface area (Å²) < 4.78 is 38.2. The predicted molar refractivity (Wildman–Crippen MR) is 97.9 cm³/mol. The van der Waals surface area contributed by atoms with E-state index in [1.165, 1.54) is 6.07 Å². The Morgan fingerprint density at radius 3 is 2.78 bits per heavy atom. The second-order valence-electron chi connectivity index (χ2n) is 7.13. The van der Waals surface area contributed by atoms with Gasteiger partial charge in [-0.05, 0) is 24.8 Å². The summed E-state index contributed by atoms with van der Waals surface area (Å²) in [5.74, 6) is 0.820. The fraction of sp³-hybridized carbons (Fsp3) is 0.400. The van der Waals surface area contributed by atoms with Crippen molar-refractivity contribution >= 4 is 22.6 Å². The molecule has 0 bridgehead atoms. The van der Waals surface area contributed by atoms with E-state index in [0.29, 0.717) is 27.7 Å². The predicted octanol–water partition coefficient (Wildman–Crippen LogP) is 6.03. The van der Waals surface area contributed by atoms with Gasteiger partial charge in [-0.2, -0.15) is 13.8 Å². The fourth-order valence-electron chi connectivity index (χ4n) is 3.56. The van der Waals surface area contributed by atoms with Gasteiger partial charge in [-0.15, -0.1) is 0 Å². The summed E-state index contributed by atoms with van der Waals surface area (Å²) in [7, 11) is 0. The maximum absolute atomic E-state index is 14.1. The normalized spacial score (nSPS) is 20.1. The zero-order valence-corrected chi connectivity index (χ0v) is 15.6. The number of hydrogen-bond donors (Lipinski definition) is 0. The van der Waals surface area contributed by atoms with Gasteiger partial charge in [0.15, 0.2) is 0 Å². The van der Waals surface area contributed by atoms with Crippen molar-refractivity contribution in [2.45, 2.75) is 45.1 Å². The molecule has 0 unspecified atom stereocenters. The van der Waals surface area contributed by atoms with Crippen molar-refractivity contribution in [3.63, 3.8) is 0 Å². The number of halogens is 3. The monoisotopic (exact) mass is 392 g/mol. The molecule has 0 N–H and O–H groups in total. The highest BCUT2D eigenvalue weighted by Gasteiger charge is 2.23. The van der Waals surface area contributed by atoms with Crippen LogP contribution in [0.1, 0.15) is 49.9 Å². The fourth-order valence-corrected chi connectivity index (χ4v) is 3.76. The third kappa shape index (κ3) is 3.76. The van der Waals surface area contributed by atoms with Gasteiger partial charge in [0, 0.05) is 22.9 Å². The molecule has 142 valence electrons. The van der Waals surface area contributed by atoms with E-state index in [4.69, 9.17) is 20.8 Å². The molecule has 1 fully saturated rings. The van der Waals surface area contributed by atoms with E-state index >= 15 is 0 Å². The van der Waals surface area contributed by atoms with Crippen LogP contribution < -0.4 is 4.74 Å². The molecule has 1 aromatic carbocycles. The second kappa shape index (κ2) is 7.43. The lowest BCUT2D eigenvalue weighted by Gasteiger charge is -2.25. The molecule has 0 saturated heterocycles. The van der Waals surface area contributed by atoms with Gasteiger partial charge < -0.3 is 9.15 Å². The topological polar surface area (TPSA) is 48.2 Å². The van der Waals surface area contributed by atoms with Crippen LogP contribution in [-0.4, -0.2) is 9.97 Å². The summed E-state index contributed by atoms with van der Waals surface area (Å²) >= 11 is 6.05. The lowest BCUT2D eigenvalue weighted by Crippen LogP contribution is -2.14. The number of fused-ring (bicyclic) bond motifs is 1. The minimum atomic E-state index is -0.735. The summed E-state index contributed by atoms with van der Waals surface area (Å²) in [6.07, 6.45) is 5.38. The molecule has 0 atom stereocenters.